The highest BCUT2D eigenvalue weighted by Crippen LogP contribution is 2.32. The predicted molar refractivity (Wildman–Crippen MR) is 103 cm³/mol. The highest BCUT2D eigenvalue weighted by atomic mass is 35.5. The maximum atomic E-state index is 12.3. The Morgan fingerprint density at radius 2 is 1.78 bits per heavy atom. The van der Waals surface area contributed by atoms with Crippen LogP contribution in [0.4, 0.5) is 5.69 Å². The number of nitrogens with two attached hydrogens (primary N) is 1. The number of sulfonamides is 1. The molecule has 0 aliphatic carbocycles. The van der Waals surface area contributed by atoms with Gasteiger partial charge in [-0.05, 0) is 35.9 Å². The topological polar surface area (TPSA) is 107 Å². The minimum absolute atomic E-state index is 0.0780. The number of halogens is 1. The molecule has 1 atom stereocenters. The Hall–Kier alpha value is -1.65. The average Bonchev–Trinajstić information content (AvgIpc) is 2.60. The van der Waals surface area contributed by atoms with Crippen molar-refractivity contribution in [3.8, 4) is 0 Å². The normalized spacial score (nSPS) is 18.5. The number of ether oxygens (including phenoxy) is 1. The fourth-order valence-corrected chi connectivity index (χ4v) is 4.64. The first-order chi connectivity index (χ1) is 12.6. The molecule has 146 valence electrons. The first-order valence-electron chi connectivity index (χ1n) is 8.04. The molecule has 2 N–H and O–H groups in total. The molecule has 0 spiro atoms. The zero-order valence-corrected chi connectivity index (χ0v) is 16.9. The number of rotatable bonds is 4. The second-order valence-electron chi connectivity index (χ2n) is 6.30. The van der Waals surface area contributed by atoms with Crippen molar-refractivity contribution in [2.24, 2.45) is 5.14 Å². The van der Waals surface area contributed by atoms with Gasteiger partial charge in [-0.15, -0.1) is 0 Å². The largest absolute Gasteiger partial charge is 0.370 e. The van der Waals surface area contributed by atoms with Crippen molar-refractivity contribution in [1.29, 1.82) is 0 Å². The van der Waals surface area contributed by atoms with Crippen molar-refractivity contribution >= 4 is 37.1 Å². The first-order valence-corrected chi connectivity index (χ1v) is 11.9. The van der Waals surface area contributed by atoms with Crippen LogP contribution >= 0.6 is 11.6 Å². The molecule has 1 heterocycles. The van der Waals surface area contributed by atoms with E-state index in [0.29, 0.717) is 30.4 Å². The molecule has 0 saturated carbocycles. The van der Waals surface area contributed by atoms with Gasteiger partial charge in [-0.25, -0.2) is 22.0 Å². The summed E-state index contributed by atoms with van der Waals surface area (Å²) in [7, 11) is -7.68. The van der Waals surface area contributed by atoms with Crippen molar-refractivity contribution in [1.82, 2.24) is 0 Å². The van der Waals surface area contributed by atoms with E-state index in [0.717, 1.165) is 17.9 Å². The molecule has 1 saturated heterocycles. The molecule has 27 heavy (non-hydrogen) atoms. The van der Waals surface area contributed by atoms with Gasteiger partial charge < -0.3 is 9.64 Å². The van der Waals surface area contributed by atoms with Gasteiger partial charge in [0, 0.05) is 24.4 Å². The van der Waals surface area contributed by atoms with Gasteiger partial charge in [-0.3, -0.25) is 0 Å². The highest BCUT2D eigenvalue weighted by Gasteiger charge is 2.27. The third-order valence-electron chi connectivity index (χ3n) is 4.31. The van der Waals surface area contributed by atoms with Gasteiger partial charge in [-0.2, -0.15) is 0 Å². The molecule has 0 amide bonds. The molecule has 10 heteroatoms. The maximum absolute atomic E-state index is 12.3. The molecular formula is C17H19ClN2O5S2. The van der Waals surface area contributed by atoms with E-state index in [1.165, 1.54) is 12.1 Å². The highest BCUT2D eigenvalue weighted by molar-refractivity contribution is 7.91. The van der Waals surface area contributed by atoms with Gasteiger partial charge in [0.2, 0.25) is 10.0 Å². The Bertz CT molecular complexity index is 1050. The van der Waals surface area contributed by atoms with E-state index in [-0.39, 0.29) is 15.9 Å². The van der Waals surface area contributed by atoms with Crippen molar-refractivity contribution in [3.63, 3.8) is 0 Å². The van der Waals surface area contributed by atoms with E-state index >= 15 is 0 Å². The minimum atomic E-state index is -4.01. The number of hydrogen-bond acceptors (Lipinski definition) is 6. The molecule has 1 fully saturated rings. The van der Waals surface area contributed by atoms with Crippen molar-refractivity contribution < 1.29 is 21.6 Å². The van der Waals surface area contributed by atoms with Crippen molar-refractivity contribution in [2.45, 2.75) is 15.9 Å². The Balaban J connectivity index is 1.98. The van der Waals surface area contributed by atoms with Gasteiger partial charge >= 0.3 is 0 Å². The standard InChI is InChI=1S/C17H19ClN2O5S2/c1-26(21,22)17-10-14(27(19,23)24)6-7-15(17)20-8-9-25-16(11-20)12-2-4-13(18)5-3-12/h2-7,10,16H,8-9,11H2,1H3,(H2,19,23,24). The smallest absolute Gasteiger partial charge is 0.238 e. The Kier molecular flexibility index (Phi) is 5.51. The molecular weight excluding hydrogens is 412 g/mol. The molecule has 0 bridgehead atoms. The zero-order chi connectivity index (χ0) is 19.8. The number of nitrogens with zero attached hydrogens (tertiary/aromatic N) is 1. The maximum Gasteiger partial charge on any atom is 0.238 e. The lowest BCUT2D eigenvalue weighted by Gasteiger charge is -2.35. The minimum Gasteiger partial charge on any atom is -0.370 e. The number of sulfone groups is 1. The van der Waals surface area contributed by atoms with E-state index in [4.69, 9.17) is 21.5 Å². The van der Waals surface area contributed by atoms with Crippen LogP contribution in [0.1, 0.15) is 11.7 Å². The molecule has 7 nitrogen and oxygen atoms in total. The molecule has 2 aromatic rings. The predicted octanol–water partition coefficient (Wildman–Crippen LogP) is 1.97. The fourth-order valence-electron chi connectivity index (χ4n) is 2.98. The Morgan fingerprint density at radius 3 is 2.37 bits per heavy atom. The summed E-state index contributed by atoms with van der Waals surface area (Å²) in [5.41, 5.74) is 1.35. The van der Waals surface area contributed by atoms with E-state index in [1.54, 1.807) is 12.1 Å². The third kappa shape index (κ3) is 4.61. The van der Waals surface area contributed by atoms with Crippen LogP contribution in [-0.4, -0.2) is 42.8 Å². The lowest BCUT2D eigenvalue weighted by atomic mass is 10.1. The quantitative estimate of drug-likeness (QED) is 0.794. The molecule has 1 aliphatic heterocycles. The Labute approximate surface area is 163 Å². The molecule has 3 rings (SSSR count). The third-order valence-corrected chi connectivity index (χ3v) is 6.60. The summed E-state index contributed by atoms with van der Waals surface area (Å²) in [6.45, 7) is 1.29. The summed E-state index contributed by atoms with van der Waals surface area (Å²) in [4.78, 5) is 1.55. The average molecular weight is 431 g/mol. The van der Waals surface area contributed by atoms with Crippen LogP contribution in [0.3, 0.4) is 0 Å². The summed E-state index contributed by atoms with van der Waals surface area (Å²) < 4.78 is 53.5. The molecule has 1 unspecified atom stereocenters. The van der Waals surface area contributed by atoms with Crippen LogP contribution in [0.25, 0.3) is 0 Å². The number of morpholine rings is 1. The van der Waals surface area contributed by atoms with Crippen LogP contribution in [0.15, 0.2) is 52.3 Å². The summed E-state index contributed by atoms with van der Waals surface area (Å²) >= 11 is 5.92. The van der Waals surface area contributed by atoms with E-state index < -0.39 is 19.9 Å². The number of benzene rings is 2. The second-order valence-corrected chi connectivity index (χ2v) is 10.3. The van der Waals surface area contributed by atoms with Gasteiger partial charge in [0.25, 0.3) is 0 Å². The number of hydrogen-bond donors (Lipinski definition) is 1. The van der Waals surface area contributed by atoms with Crippen LogP contribution in [0, 0.1) is 0 Å². The van der Waals surface area contributed by atoms with Crippen LogP contribution in [0.2, 0.25) is 5.02 Å². The van der Waals surface area contributed by atoms with Crippen LogP contribution in [-0.2, 0) is 24.6 Å². The van der Waals surface area contributed by atoms with E-state index in [2.05, 4.69) is 0 Å². The number of anilines is 1. The van der Waals surface area contributed by atoms with Gasteiger partial charge in [0.1, 0.15) is 6.10 Å². The summed E-state index contributed by atoms with van der Waals surface area (Å²) in [6, 6.07) is 11.1. The summed E-state index contributed by atoms with van der Waals surface area (Å²) in [6.07, 6.45) is 0.775. The lowest BCUT2D eigenvalue weighted by Crippen LogP contribution is -2.39. The summed E-state index contributed by atoms with van der Waals surface area (Å²) in [5, 5.41) is 5.76. The SMILES string of the molecule is CS(=O)(=O)c1cc(S(N)(=O)=O)ccc1N1CCOC(c2ccc(Cl)cc2)C1. The molecule has 2 aromatic carbocycles. The lowest BCUT2D eigenvalue weighted by molar-refractivity contribution is 0.0396. The van der Waals surface area contributed by atoms with Gasteiger partial charge in [0.05, 0.1) is 22.1 Å². The van der Waals surface area contributed by atoms with Crippen LogP contribution in [0.5, 0.6) is 0 Å². The fraction of sp³-hybridized carbons (Fsp3) is 0.294. The number of primary sulfonamides is 1. The Morgan fingerprint density at radius 1 is 1.11 bits per heavy atom. The van der Waals surface area contributed by atoms with Gasteiger partial charge in [0.15, 0.2) is 9.84 Å². The van der Waals surface area contributed by atoms with Crippen molar-refractivity contribution in [3.05, 3.63) is 53.1 Å². The second kappa shape index (κ2) is 7.40. The molecule has 0 radical (unpaired) electrons. The van der Waals surface area contributed by atoms with E-state index in [1.807, 2.05) is 17.0 Å². The monoisotopic (exact) mass is 430 g/mol. The first kappa shape index (κ1) is 20.1. The molecule has 0 aromatic heterocycles. The summed E-state index contributed by atoms with van der Waals surface area (Å²) in [5.74, 6) is 0. The van der Waals surface area contributed by atoms with E-state index in [9.17, 15) is 16.8 Å². The van der Waals surface area contributed by atoms with Crippen molar-refractivity contribution in [2.75, 3.05) is 30.9 Å². The van der Waals surface area contributed by atoms with Gasteiger partial charge in [-0.1, -0.05) is 23.7 Å². The van der Waals surface area contributed by atoms with Crippen LogP contribution < -0.4 is 10.0 Å². The zero-order valence-electron chi connectivity index (χ0n) is 14.5. The molecule has 1 aliphatic rings.